The van der Waals surface area contributed by atoms with Gasteiger partial charge in [-0.25, -0.2) is 14.5 Å². The van der Waals surface area contributed by atoms with E-state index in [0.717, 1.165) is 37.4 Å². The van der Waals surface area contributed by atoms with Crippen molar-refractivity contribution in [3.05, 3.63) is 46.3 Å². The van der Waals surface area contributed by atoms with Crippen LogP contribution in [0.3, 0.4) is 0 Å². The van der Waals surface area contributed by atoms with Crippen LogP contribution in [0.15, 0.2) is 29.4 Å². The normalized spacial score (nSPS) is 18.3. The standard InChI is InChI=1S/C16H18N6OS/c1-17-16(23)13-6-20-22-14(2-4-18-15(13)22)11-3-5-21(7-11)8-12-9-24-10-19-12/h2,4,6,9-11H,3,5,7-8H2,1H3,(H,17,23). The molecule has 4 heterocycles. The number of nitrogens with one attached hydrogen (secondary N) is 1. The monoisotopic (exact) mass is 342 g/mol. The molecule has 7 nitrogen and oxygen atoms in total. The van der Waals surface area contributed by atoms with Crippen LogP contribution in [0, 0.1) is 0 Å². The van der Waals surface area contributed by atoms with E-state index >= 15 is 0 Å². The van der Waals surface area contributed by atoms with Crippen LogP contribution in [0.5, 0.6) is 0 Å². The van der Waals surface area contributed by atoms with Crippen LogP contribution < -0.4 is 5.32 Å². The predicted molar refractivity (Wildman–Crippen MR) is 91.1 cm³/mol. The van der Waals surface area contributed by atoms with Crippen LogP contribution in [-0.2, 0) is 6.54 Å². The SMILES string of the molecule is CNC(=O)c1cnn2c(C3CCN(Cc4cscn4)C3)ccnc12. The summed E-state index contributed by atoms with van der Waals surface area (Å²) in [6, 6.07) is 2.00. The maximum atomic E-state index is 11.9. The van der Waals surface area contributed by atoms with Crippen molar-refractivity contribution in [2.24, 2.45) is 0 Å². The van der Waals surface area contributed by atoms with Gasteiger partial charge in [0, 0.05) is 37.6 Å². The van der Waals surface area contributed by atoms with E-state index in [1.54, 1.807) is 30.8 Å². The van der Waals surface area contributed by atoms with Gasteiger partial charge in [-0.1, -0.05) is 0 Å². The number of carbonyl (C=O) groups is 1. The highest BCUT2D eigenvalue weighted by molar-refractivity contribution is 7.07. The first kappa shape index (κ1) is 15.2. The van der Waals surface area contributed by atoms with Crippen LogP contribution in [-0.4, -0.2) is 50.5 Å². The van der Waals surface area contributed by atoms with E-state index in [-0.39, 0.29) is 5.91 Å². The van der Waals surface area contributed by atoms with Gasteiger partial charge in [-0.15, -0.1) is 11.3 Å². The zero-order valence-electron chi connectivity index (χ0n) is 13.3. The largest absolute Gasteiger partial charge is 0.355 e. The van der Waals surface area contributed by atoms with Crippen molar-refractivity contribution < 1.29 is 4.79 Å². The minimum Gasteiger partial charge on any atom is -0.355 e. The Morgan fingerprint density at radius 2 is 2.38 bits per heavy atom. The van der Waals surface area contributed by atoms with Gasteiger partial charge < -0.3 is 5.32 Å². The maximum Gasteiger partial charge on any atom is 0.256 e. The van der Waals surface area contributed by atoms with Gasteiger partial charge in [-0.2, -0.15) is 5.10 Å². The molecule has 8 heteroatoms. The van der Waals surface area contributed by atoms with E-state index in [1.165, 1.54) is 0 Å². The first-order chi connectivity index (χ1) is 11.8. The summed E-state index contributed by atoms with van der Waals surface area (Å²) in [5, 5.41) is 9.13. The van der Waals surface area contributed by atoms with Crippen LogP contribution >= 0.6 is 11.3 Å². The Hall–Kier alpha value is -2.32. The topological polar surface area (TPSA) is 75.4 Å². The fourth-order valence-electron chi connectivity index (χ4n) is 3.28. The highest BCUT2D eigenvalue weighted by Gasteiger charge is 2.27. The van der Waals surface area contributed by atoms with Gasteiger partial charge in [0.15, 0.2) is 5.65 Å². The number of hydrogen-bond donors (Lipinski definition) is 1. The first-order valence-corrected chi connectivity index (χ1v) is 8.84. The summed E-state index contributed by atoms with van der Waals surface area (Å²) in [5.74, 6) is 0.220. The number of nitrogens with zero attached hydrogens (tertiary/aromatic N) is 5. The summed E-state index contributed by atoms with van der Waals surface area (Å²) < 4.78 is 1.81. The Morgan fingerprint density at radius 3 is 3.17 bits per heavy atom. The highest BCUT2D eigenvalue weighted by atomic mass is 32.1. The maximum absolute atomic E-state index is 11.9. The number of rotatable bonds is 4. The van der Waals surface area contributed by atoms with E-state index in [1.807, 2.05) is 16.1 Å². The molecule has 1 amide bonds. The number of thiazole rings is 1. The van der Waals surface area contributed by atoms with Crippen LogP contribution in [0.1, 0.15) is 34.1 Å². The summed E-state index contributed by atoms with van der Waals surface area (Å²) in [7, 11) is 1.61. The molecule has 1 fully saturated rings. The van der Waals surface area contributed by atoms with Crippen LogP contribution in [0.25, 0.3) is 5.65 Å². The molecule has 4 rings (SSSR count). The molecule has 24 heavy (non-hydrogen) atoms. The molecule has 1 aliphatic rings. The van der Waals surface area contributed by atoms with Gasteiger partial charge in [-0.3, -0.25) is 9.69 Å². The second-order valence-corrected chi connectivity index (χ2v) is 6.66. The van der Waals surface area contributed by atoms with Crippen LogP contribution in [0.4, 0.5) is 0 Å². The highest BCUT2D eigenvalue weighted by Crippen LogP contribution is 2.28. The lowest BCUT2D eigenvalue weighted by atomic mass is 10.0. The molecular weight excluding hydrogens is 324 g/mol. The molecule has 1 atom stereocenters. The molecule has 3 aromatic rings. The van der Waals surface area contributed by atoms with Crippen molar-refractivity contribution >= 4 is 22.9 Å². The summed E-state index contributed by atoms with van der Waals surface area (Å²) >= 11 is 1.63. The van der Waals surface area contributed by atoms with E-state index in [4.69, 9.17) is 0 Å². The summed E-state index contributed by atoms with van der Waals surface area (Å²) in [6.45, 7) is 2.89. The second-order valence-electron chi connectivity index (χ2n) is 5.94. The third kappa shape index (κ3) is 2.67. The first-order valence-electron chi connectivity index (χ1n) is 7.90. The average molecular weight is 342 g/mol. The zero-order valence-corrected chi connectivity index (χ0v) is 14.2. The lowest BCUT2D eigenvalue weighted by Gasteiger charge is -2.15. The fourth-order valence-corrected chi connectivity index (χ4v) is 3.83. The number of carbonyl (C=O) groups excluding carboxylic acids is 1. The fraction of sp³-hybridized carbons (Fsp3) is 0.375. The predicted octanol–water partition coefficient (Wildman–Crippen LogP) is 1.53. The van der Waals surface area contributed by atoms with E-state index in [9.17, 15) is 4.79 Å². The third-order valence-corrected chi connectivity index (χ3v) is 5.10. The Bertz CT molecular complexity index is 859. The summed E-state index contributed by atoms with van der Waals surface area (Å²) in [5.41, 5.74) is 5.23. The van der Waals surface area contributed by atoms with Gasteiger partial charge >= 0.3 is 0 Å². The molecule has 0 saturated carbocycles. The van der Waals surface area contributed by atoms with Gasteiger partial charge in [0.2, 0.25) is 0 Å². The average Bonchev–Trinajstić information content (AvgIpc) is 3.34. The quantitative estimate of drug-likeness (QED) is 0.778. The number of hydrogen-bond acceptors (Lipinski definition) is 6. The van der Waals surface area contributed by atoms with Gasteiger partial charge in [0.1, 0.15) is 5.56 Å². The van der Waals surface area contributed by atoms with Gasteiger partial charge in [0.05, 0.1) is 23.1 Å². The molecule has 0 bridgehead atoms. The molecule has 0 aliphatic carbocycles. The molecule has 1 aliphatic heterocycles. The Labute approximate surface area is 143 Å². The summed E-state index contributed by atoms with van der Waals surface area (Å²) in [4.78, 5) is 23.0. The molecule has 1 N–H and O–H groups in total. The van der Waals surface area contributed by atoms with Crippen molar-refractivity contribution in [2.75, 3.05) is 20.1 Å². The Balaban J connectivity index is 1.58. The van der Waals surface area contributed by atoms with Crippen molar-refractivity contribution in [1.82, 2.24) is 29.8 Å². The molecule has 1 saturated heterocycles. The van der Waals surface area contributed by atoms with Crippen molar-refractivity contribution in [3.63, 3.8) is 0 Å². The third-order valence-electron chi connectivity index (χ3n) is 4.46. The smallest absolute Gasteiger partial charge is 0.256 e. The van der Waals surface area contributed by atoms with E-state index in [0.29, 0.717) is 17.1 Å². The van der Waals surface area contributed by atoms with E-state index in [2.05, 4.69) is 30.7 Å². The molecule has 0 aromatic carbocycles. The molecule has 0 radical (unpaired) electrons. The molecular formula is C16H18N6OS. The zero-order chi connectivity index (χ0) is 16.5. The lowest BCUT2D eigenvalue weighted by molar-refractivity contribution is 0.0964. The molecule has 1 unspecified atom stereocenters. The Morgan fingerprint density at radius 1 is 1.46 bits per heavy atom. The number of fused-ring (bicyclic) bond motifs is 1. The summed E-state index contributed by atoms with van der Waals surface area (Å²) in [6.07, 6.45) is 4.42. The second kappa shape index (κ2) is 6.29. The van der Waals surface area contributed by atoms with Crippen molar-refractivity contribution in [1.29, 1.82) is 0 Å². The van der Waals surface area contributed by atoms with Crippen molar-refractivity contribution in [3.8, 4) is 0 Å². The molecule has 3 aromatic heterocycles. The van der Waals surface area contributed by atoms with Crippen molar-refractivity contribution in [2.45, 2.75) is 18.9 Å². The number of aromatic nitrogens is 4. The van der Waals surface area contributed by atoms with Gasteiger partial charge in [-0.05, 0) is 19.0 Å². The van der Waals surface area contributed by atoms with E-state index < -0.39 is 0 Å². The van der Waals surface area contributed by atoms with Gasteiger partial charge in [0.25, 0.3) is 5.91 Å². The molecule has 0 spiro atoms. The Kier molecular flexibility index (Phi) is 3.99. The molecule has 124 valence electrons. The lowest BCUT2D eigenvalue weighted by Crippen LogP contribution is -2.20. The number of amides is 1. The number of likely N-dealkylation sites (tertiary alicyclic amines) is 1. The minimum absolute atomic E-state index is 0.161. The minimum atomic E-state index is -0.161. The van der Waals surface area contributed by atoms with Crippen LogP contribution in [0.2, 0.25) is 0 Å².